The first-order valence-electron chi connectivity index (χ1n) is 28.8. The number of aryl methyl sites for hydroxylation is 14. The number of benzene rings is 8. The van der Waals surface area contributed by atoms with Crippen LogP contribution in [0.15, 0.2) is 231 Å². The zero-order valence-corrected chi connectivity index (χ0v) is 48.2. The molecule has 0 atom stereocenters. The number of hydrogen-bond donors (Lipinski definition) is 0. The normalized spacial score (nSPS) is 11.2. The highest BCUT2D eigenvalue weighted by atomic mass is 15.3. The second-order valence-corrected chi connectivity index (χ2v) is 22.0. The first-order chi connectivity index (χ1) is 40.1. The standard InChI is InChI=1S/C46H46N4.C28H26N4/c1-31-25-33(3)45(34(4)26-31)43-21-23-47-49(43)41-11-7-9-39(29-41)19-17-37-13-15-38(16-14-37)18-20-40-10-8-12-42(30-40)50-44(22-24-48-50)46-35(5)27-32(2)28-36(46)6;1-5-25(21-27(7-1)31-19-3-17-29-31)15-13-23-9-11-24(12-10-23)14-16-26-6-2-8-28(22-26)32-20-4-18-30-32/h7-16,21-30H,17-20H2,1-6H3;1-12,17-22H,13-16H2. The van der Waals surface area contributed by atoms with Gasteiger partial charge in [-0.25, -0.2) is 18.7 Å². The summed E-state index contributed by atoms with van der Waals surface area (Å²) in [6.07, 6.45) is 19.5. The van der Waals surface area contributed by atoms with Crippen molar-refractivity contribution in [3.63, 3.8) is 0 Å². The van der Waals surface area contributed by atoms with Crippen molar-refractivity contribution in [2.75, 3.05) is 0 Å². The molecule has 0 aliphatic heterocycles. The summed E-state index contributed by atoms with van der Waals surface area (Å²) < 4.78 is 7.98. The van der Waals surface area contributed by atoms with Crippen molar-refractivity contribution in [1.29, 1.82) is 0 Å². The molecular weight excluding hydrogens is 1000 g/mol. The topological polar surface area (TPSA) is 71.3 Å². The molecule has 408 valence electrons. The number of hydrogen-bond acceptors (Lipinski definition) is 4. The zero-order valence-electron chi connectivity index (χ0n) is 48.2. The quantitative estimate of drug-likeness (QED) is 0.0858. The maximum atomic E-state index is 4.73. The van der Waals surface area contributed by atoms with Crippen LogP contribution in [-0.4, -0.2) is 39.1 Å². The molecule has 0 bridgehead atoms. The average molecular weight is 1070 g/mol. The van der Waals surface area contributed by atoms with Crippen LogP contribution in [-0.2, 0) is 51.4 Å². The van der Waals surface area contributed by atoms with Gasteiger partial charge in [-0.1, -0.05) is 132 Å². The molecule has 8 aromatic carbocycles. The fraction of sp³-hybridized carbons (Fsp3) is 0.189. The Balaban J connectivity index is 0.000000189. The van der Waals surface area contributed by atoms with E-state index in [1.165, 1.54) is 89.0 Å². The predicted octanol–water partition coefficient (Wildman–Crippen LogP) is 16.4. The molecular formula is C74H72N8. The summed E-state index contributed by atoms with van der Waals surface area (Å²) in [5.74, 6) is 0. The molecule has 0 spiro atoms. The van der Waals surface area contributed by atoms with Crippen LogP contribution >= 0.6 is 0 Å². The number of nitrogens with zero attached hydrogens (tertiary/aromatic N) is 8. The van der Waals surface area contributed by atoms with Crippen molar-refractivity contribution in [3.05, 3.63) is 309 Å². The van der Waals surface area contributed by atoms with Gasteiger partial charge in [0.05, 0.1) is 46.5 Å². The van der Waals surface area contributed by atoms with E-state index in [-0.39, 0.29) is 0 Å². The van der Waals surface area contributed by atoms with E-state index >= 15 is 0 Å². The summed E-state index contributed by atoms with van der Waals surface area (Å²) >= 11 is 0. The predicted molar refractivity (Wildman–Crippen MR) is 336 cm³/mol. The Morgan fingerprint density at radius 1 is 0.268 bits per heavy atom. The lowest BCUT2D eigenvalue weighted by Gasteiger charge is -2.14. The molecule has 0 radical (unpaired) electrons. The van der Waals surface area contributed by atoms with Gasteiger partial charge < -0.3 is 0 Å². The lowest BCUT2D eigenvalue weighted by Crippen LogP contribution is -2.03. The minimum atomic E-state index is 0.982. The van der Waals surface area contributed by atoms with E-state index in [2.05, 4.69) is 243 Å². The fourth-order valence-electron chi connectivity index (χ4n) is 11.7. The van der Waals surface area contributed by atoms with E-state index in [1.807, 2.05) is 58.7 Å². The van der Waals surface area contributed by atoms with E-state index in [1.54, 1.807) is 0 Å². The van der Waals surface area contributed by atoms with Crippen LogP contribution in [0.25, 0.3) is 45.3 Å². The minimum absolute atomic E-state index is 0.982. The van der Waals surface area contributed by atoms with Crippen molar-refractivity contribution in [2.45, 2.75) is 92.9 Å². The molecule has 0 amide bonds. The van der Waals surface area contributed by atoms with Crippen LogP contribution in [0.5, 0.6) is 0 Å². The summed E-state index contributed by atoms with van der Waals surface area (Å²) in [7, 11) is 0. The van der Waals surface area contributed by atoms with Crippen molar-refractivity contribution < 1.29 is 0 Å². The molecule has 0 aliphatic carbocycles. The van der Waals surface area contributed by atoms with Crippen LogP contribution in [0.4, 0.5) is 0 Å². The number of rotatable bonds is 18. The van der Waals surface area contributed by atoms with E-state index in [0.717, 1.165) is 85.5 Å². The highest BCUT2D eigenvalue weighted by Crippen LogP contribution is 2.32. The lowest BCUT2D eigenvalue weighted by molar-refractivity contribution is 0.871. The van der Waals surface area contributed by atoms with Crippen LogP contribution < -0.4 is 0 Å². The van der Waals surface area contributed by atoms with Gasteiger partial charge in [-0.2, -0.15) is 20.4 Å². The third-order valence-corrected chi connectivity index (χ3v) is 15.7. The Morgan fingerprint density at radius 2 is 0.561 bits per heavy atom. The van der Waals surface area contributed by atoms with Crippen molar-refractivity contribution in [3.8, 4) is 45.3 Å². The first kappa shape index (κ1) is 54.6. The summed E-state index contributed by atoms with van der Waals surface area (Å²) in [6.45, 7) is 13.1. The van der Waals surface area contributed by atoms with Gasteiger partial charge in [-0.15, -0.1) is 0 Å². The molecule has 0 fully saturated rings. The van der Waals surface area contributed by atoms with Gasteiger partial charge in [0.1, 0.15) is 0 Å². The summed E-state index contributed by atoms with van der Waals surface area (Å²) in [5.41, 5.74) is 27.7. The third kappa shape index (κ3) is 13.3. The van der Waals surface area contributed by atoms with Gasteiger partial charge in [0.25, 0.3) is 0 Å². The van der Waals surface area contributed by atoms with Gasteiger partial charge in [0.15, 0.2) is 0 Å². The summed E-state index contributed by atoms with van der Waals surface area (Å²) in [6, 6.07) is 70.3. The molecule has 12 rings (SSSR count). The molecule has 0 N–H and O–H groups in total. The maximum Gasteiger partial charge on any atom is 0.0746 e. The Labute approximate surface area is 484 Å². The summed E-state index contributed by atoms with van der Waals surface area (Å²) in [4.78, 5) is 0. The monoisotopic (exact) mass is 1070 g/mol. The average Bonchev–Trinajstić information content (AvgIpc) is 4.54. The van der Waals surface area contributed by atoms with Crippen LogP contribution in [0.1, 0.15) is 77.9 Å². The number of aromatic nitrogens is 8. The van der Waals surface area contributed by atoms with E-state index in [9.17, 15) is 0 Å². The molecule has 0 aliphatic rings. The second-order valence-electron chi connectivity index (χ2n) is 22.0. The Hall–Kier alpha value is -9.40. The van der Waals surface area contributed by atoms with E-state index < -0.39 is 0 Å². The largest absolute Gasteiger partial charge is 0.241 e. The van der Waals surface area contributed by atoms with Crippen molar-refractivity contribution in [2.24, 2.45) is 0 Å². The van der Waals surface area contributed by atoms with Gasteiger partial charge in [0.2, 0.25) is 0 Å². The molecule has 4 aromatic heterocycles. The molecule has 0 saturated carbocycles. The fourth-order valence-corrected chi connectivity index (χ4v) is 11.7. The van der Waals surface area contributed by atoms with Crippen LogP contribution in [0.2, 0.25) is 0 Å². The molecule has 12 aromatic rings. The third-order valence-electron chi connectivity index (χ3n) is 15.7. The Bertz CT molecular complexity index is 3740. The van der Waals surface area contributed by atoms with Gasteiger partial charge in [-0.05, 0) is 232 Å². The zero-order chi connectivity index (χ0) is 56.4. The Morgan fingerprint density at radius 3 is 0.866 bits per heavy atom. The lowest BCUT2D eigenvalue weighted by atomic mass is 9.97. The maximum absolute atomic E-state index is 4.73. The SMILES string of the molecule is Cc1cc(C)c(-c2ccnn2-c2cccc(CCc3ccc(CCc4cccc(-n5nccc5-c5c(C)cc(C)cc5C)c4)cc3)c2)c(C)c1.c1cc(CCc2ccc(CCc3cccc(-n4cccn4)c3)cc2)cc(-n2cccn2)c1. The molecule has 0 saturated heterocycles. The molecule has 0 unspecified atom stereocenters. The van der Waals surface area contributed by atoms with Crippen molar-refractivity contribution in [1.82, 2.24) is 39.1 Å². The second kappa shape index (κ2) is 25.4. The first-order valence-corrected chi connectivity index (χ1v) is 28.8. The Kier molecular flexibility index (Phi) is 16.9. The van der Waals surface area contributed by atoms with E-state index in [4.69, 9.17) is 10.2 Å². The van der Waals surface area contributed by atoms with Gasteiger partial charge >= 0.3 is 0 Å². The van der Waals surface area contributed by atoms with Crippen LogP contribution in [0.3, 0.4) is 0 Å². The molecule has 8 nitrogen and oxygen atoms in total. The minimum Gasteiger partial charge on any atom is -0.241 e. The molecule has 4 heterocycles. The summed E-state index contributed by atoms with van der Waals surface area (Å²) in [5, 5.41) is 18.1. The van der Waals surface area contributed by atoms with Crippen LogP contribution in [0, 0.1) is 41.5 Å². The smallest absolute Gasteiger partial charge is 0.0746 e. The molecule has 8 heteroatoms. The van der Waals surface area contributed by atoms with Gasteiger partial charge in [-0.3, -0.25) is 0 Å². The molecule has 82 heavy (non-hydrogen) atoms. The van der Waals surface area contributed by atoms with Gasteiger partial charge in [0, 0.05) is 35.9 Å². The van der Waals surface area contributed by atoms with Crippen molar-refractivity contribution >= 4 is 0 Å². The highest BCUT2D eigenvalue weighted by Gasteiger charge is 2.16. The van der Waals surface area contributed by atoms with E-state index in [0.29, 0.717) is 0 Å². The highest BCUT2D eigenvalue weighted by molar-refractivity contribution is 5.71.